The average Bonchev–Trinajstić information content (AvgIpc) is 2.88. The molecule has 4 heteroatoms. The van der Waals surface area contributed by atoms with Crippen molar-refractivity contribution in [2.45, 2.75) is 0 Å². The van der Waals surface area contributed by atoms with Crippen molar-refractivity contribution in [3.8, 4) is 33.9 Å². The lowest BCUT2D eigenvalue weighted by Crippen LogP contribution is -1.97. The van der Waals surface area contributed by atoms with Gasteiger partial charge in [-0.3, -0.25) is 0 Å². The van der Waals surface area contributed by atoms with Crippen LogP contribution in [0.5, 0.6) is 0 Å². The Balaban J connectivity index is 1.46. The highest BCUT2D eigenvalue weighted by Crippen LogP contribution is 2.32. The zero-order valence-corrected chi connectivity index (χ0v) is 18.4. The first-order valence-electron chi connectivity index (χ1n) is 10.7. The number of rotatable bonds is 3. The molecule has 0 aliphatic rings. The fourth-order valence-electron chi connectivity index (χ4n) is 4.21. The molecule has 0 saturated carbocycles. The Morgan fingerprint density at radius 2 is 1.12 bits per heavy atom. The van der Waals surface area contributed by atoms with Crippen LogP contribution < -0.4 is 0 Å². The van der Waals surface area contributed by atoms with Gasteiger partial charge in [-0.15, -0.1) is 0 Å². The summed E-state index contributed by atoms with van der Waals surface area (Å²) in [4.78, 5) is 13.5. The van der Waals surface area contributed by atoms with Crippen LogP contribution in [0.3, 0.4) is 0 Å². The fourth-order valence-corrected chi connectivity index (χ4v) is 4.37. The van der Waals surface area contributed by atoms with Crippen LogP contribution in [-0.2, 0) is 0 Å². The fraction of sp³-hybridized carbons (Fsp3) is 0. The highest BCUT2D eigenvalue weighted by molar-refractivity contribution is 6.28. The van der Waals surface area contributed by atoms with E-state index in [1.807, 2.05) is 42.5 Å². The Morgan fingerprint density at radius 1 is 0.455 bits per heavy atom. The van der Waals surface area contributed by atoms with E-state index in [0.29, 0.717) is 11.6 Å². The van der Waals surface area contributed by atoms with Gasteiger partial charge in [0.25, 0.3) is 0 Å². The monoisotopic (exact) mass is 443 g/mol. The van der Waals surface area contributed by atoms with Crippen molar-refractivity contribution in [1.29, 1.82) is 0 Å². The lowest BCUT2D eigenvalue weighted by molar-refractivity contribution is 1.07. The van der Waals surface area contributed by atoms with E-state index in [0.717, 1.165) is 21.9 Å². The van der Waals surface area contributed by atoms with Crippen molar-refractivity contribution in [3.05, 3.63) is 114 Å². The lowest BCUT2D eigenvalue weighted by Gasteiger charge is -2.10. The molecule has 156 valence electrons. The molecular weight excluding hydrogens is 426 g/mol. The Bertz CT molecular complexity index is 1630. The van der Waals surface area contributed by atoms with Crippen LogP contribution in [0.2, 0.25) is 5.28 Å². The van der Waals surface area contributed by atoms with Gasteiger partial charge in [0.15, 0.2) is 11.6 Å². The molecule has 0 amide bonds. The molecule has 0 saturated heterocycles. The third kappa shape index (κ3) is 3.73. The van der Waals surface area contributed by atoms with Gasteiger partial charge in [0, 0.05) is 11.1 Å². The summed E-state index contributed by atoms with van der Waals surface area (Å²) in [7, 11) is 0. The van der Waals surface area contributed by atoms with E-state index in [2.05, 4.69) is 76.7 Å². The van der Waals surface area contributed by atoms with E-state index in [4.69, 9.17) is 16.6 Å². The van der Waals surface area contributed by atoms with Crippen molar-refractivity contribution in [1.82, 2.24) is 15.0 Å². The number of benzene rings is 5. The molecule has 6 rings (SSSR count). The van der Waals surface area contributed by atoms with Gasteiger partial charge in [-0.25, -0.2) is 4.98 Å². The van der Waals surface area contributed by atoms with Gasteiger partial charge in [0.05, 0.1) is 0 Å². The first-order chi connectivity index (χ1) is 16.2. The summed E-state index contributed by atoms with van der Waals surface area (Å²) in [5.74, 6) is 1.13. The van der Waals surface area contributed by atoms with Gasteiger partial charge in [-0.1, -0.05) is 97.1 Å². The van der Waals surface area contributed by atoms with E-state index in [9.17, 15) is 0 Å². The standard InChI is InChI=1S/C29H18ClN3/c30-29-32-27(20-8-2-1-3-9-20)31-28(33-29)26-12-6-11-24-18-23(15-16-25(24)26)22-14-13-19-7-4-5-10-21(19)17-22/h1-18H. The molecule has 3 nitrogen and oxygen atoms in total. The normalized spacial score (nSPS) is 11.2. The van der Waals surface area contributed by atoms with Crippen molar-refractivity contribution in [2.75, 3.05) is 0 Å². The summed E-state index contributed by atoms with van der Waals surface area (Å²) in [5.41, 5.74) is 4.19. The van der Waals surface area contributed by atoms with Crippen molar-refractivity contribution in [2.24, 2.45) is 0 Å². The van der Waals surface area contributed by atoms with E-state index in [1.54, 1.807) is 0 Å². The van der Waals surface area contributed by atoms with Crippen LogP contribution in [0, 0.1) is 0 Å². The van der Waals surface area contributed by atoms with Gasteiger partial charge >= 0.3 is 0 Å². The van der Waals surface area contributed by atoms with Crippen LogP contribution in [-0.4, -0.2) is 15.0 Å². The second kappa shape index (κ2) is 8.12. The molecule has 0 fully saturated rings. The summed E-state index contributed by atoms with van der Waals surface area (Å²) < 4.78 is 0. The van der Waals surface area contributed by atoms with Crippen molar-refractivity contribution in [3.63, 3.8) is 0 Å². The molecule has 0 unspecified atom stereocenters. The molecule has 0 aliphatic carbocycles. The van der Waals surface area contributed by atoms with E-state index in [-0.39, 0.29) is 5.28 Å². The maximum Gasteiger partial charge on any atom is 0.226 e. The maximum absolute atomic E-state index is 6.29. The molecule has 0 spiro atoms. The van der Waals surface area contributed by atoms with Crippen LogP contribution in [0.1, 0.15) is 0 Å². The molecule has 0 atom stereocenters. The number of nitrogens with zero attached hydrogens (tertiary/aromatic N) is 3. The Labute approximate surface area is 196 Å². The third-order valence-corrected chi connectivity index (χ3v) is 6.01. The second-order valence-electron chi connectivity index (χ2n) is 7.92. The summed E-state index contributed by atoms with van der Waals surface area (Å²) in [5, 5.41) is 4.85. The SMILES string of the molecule is Clc1nc(-c2ccccc2)nc(-c2cccc3cc(-c4ccc5ccccc5c4)ccc23)n1. The number of hydrogen-bond acceptors (Lipinski definition) is 3. The molecule has 33 heavy (non-hydrogen) atoms. The quantitative estimate of drug-likeness (QED) is 0.279. The molecule has 0 N–H and O–H groups in total. The predicted octanol–water partition coefficient (Wildman–Crippen LogP) is 7.83. The highest BCUT2D eigenvalue weighted by Gasteiger charge is 2.12. The van der Waals surface area contributed by atoms with Gasteiger partial charge in [-0.05, 0) is 56.4 Å². The highest BCUT2D eigenvalue weighted by atomic mass is 35.5. The van der Waals surface area contributed by atoms with Crippen molar-refractivity contribution >= 4 is 33.1 Å². The average molecular weight is 444 g/mol. The largest absolute Gasteiger partial charge is 0.226 e. The Morgan fingerprint density at radius 3 is 1.97 bits per heavy atom. The number of fused-ring (bicyclic) bond motifs is 2. The third-order valence-electron chi connectivity index (χ3n) is 5.84. The molecule has 0 aliphatic heterocycles. The number of halogens is 1. The minimum absolute atomic E-state index is 0.184. The Kier molecular flexibility index (Phi) is 4.82. The predicted molar refractivity (Wildman–Crippen MR) is 136 cm³/mol. The molecule has 1 heterocycles. The minimum atomic E-state index is 0.184. The van der Waals surface area contributed by atoms with Crippen molar-refractivity contribution < 1.29 is 0 Å². The van der Waals surface area contributed by atoms with Gasteiger partial charge in [0.1, 0.15) is 0 Å². The summed E-state index contributed by atoms with van der Waals surface area (Å²) in [6, 6.07) is 37.5. The number of hydrogen-bond donors (Lipinski definition) is 0. The molecule has 0 radical (unpaired) electrons. The molecule has 5 aromatic carbocycles. The van der Waals surface area contributed by atoms with Gasteiger partial charge < -0.3 is 0 Å². The smallest absolute Gasteiger partial charge is 0.208 e. The molecular formula is C29H18ClN3. The summed E-state index contributed by atoms with van der Waals surface area (Å²) >= 11 is 6.29. The van der Waals surface area contributed by atoms with E-state index < -0.39 is 0 Å². The van der Waals surface area contributed by atoms with Crippen LogP contribution >= 0.6 is 11.6 Å². The molecule has 0 bridgehead atoms. The molecule has 6 aromatic rings. The summed E-state index contributed by atoms with van der Waals surface area (Å²) in [6.45, 7) is 0. The van der Waals surface area contributed by atoms with Crippen LogP contribution in [0.25, 0.3) is 55.4 Å². The maximum atomic E-state index is 6.29. The summed E-state index contributed by atoms with van der Waals surface area (Å²) in [6.07, 6.45) is 0. The van der Waals surface area contributed by atoms with E-state index >= 15 is 0 Å². The van der Waals surface area contributed by atoms with Crippen LogP contribution in [0.4, 0.5) is 0 Å². The topological polar surface area (TPSA) is 38.7 Å². The zero-order chi connectivity index (χ0) is 22.2. The second-order valence-corrected chi connectivity index (χ2v) is 8.26. The minimum Gasteiger partial charge on any atom is -0.208 e. The number of aromatic nitrogens is 3. The van der Waals surface area contributed by atoms with E-state index in [1.165, 1.54) is 21.9 Å². The first-order valence-corrected chi connectivity index (χ1v) is 11.1. The Hall–Kier alpha value is -4.08. The van der Waals surface area contributed by atoms with Gasteiger partial charge in [0.2, 0.25) is 5.28 Å². The lowest BCUT2D eigenvalue weighted by atomic mass is 9.96. The van der Waals surface area contributed by atoms with Crippen LogP contribution in [0.15, 0.2) is 109 Å². The van der Waals surface area contributed by atoms with Gasteiger partial charge in [-0.2, -0.15) is 9.97 Å². The first kappa shape index (κ1) is 19.6. The molecule has 1 aromatic heterocycles. The zero-order valence-electron chi connectivity index (χ0n) is 17.6.